The third-order valence-corrected chi connectivity index (χ3v) is 5.54. The summed E-state index contributed by atoms with van der Waals surface area (Å²) in [5, 5.41) is 20.7. The second-order valence-electron chi connectivity index (χ2n) is 7.18. The van der Waals surface area contributed by atoms with Crippen LogP contribution >= 0.6 is 11.6 Å². The Balaban J connectivity index is 1.69. The van der Waals surface area contributed by atoms with Gasteiger partial charge in [0.2, 0.25) is 0 Å². The van der Waals surface area contributed by atoms with Crippen molar-refractivity contribution >= 4 is 17.5 Å². The summed E-state index contributed by atoms with van der Waals surface area (Å²) in [4.78, 5) is 14.6. The molecule has 1 aromatic carbocycles. The van der Waals surface area contributed by atoms with E-state index in [2.05, 4.69) is 0 Å². The number of carbonyl (C=O) groups is 1. The van der Waals surface area contributed by atoms with Crippen molar-refractivity contribution in [3.63, 3.8) is 0 Å². The Kier molecular flexibility index (Phi) is 4.99. The zero-order valence-corrected chi connectivity index (χ0v) is 15.3. The molecule has 3 rings (SSSR count). The molecule has 1 spiro atoms. The van der Waals surface area contributed by atoms with Gasteiger partial charge in [-0.05, 0) is 38.0 Å². The van der Waals surface area contributed by atoms with Crippen molar-refractivity contribution in [1.82, 2.24) is 4.90 Å². The number of hydrogen-bond acceptors (Lipinski definition) is 5. The van der Waals surface area contributed by atoms with Gasteiger partial charge in [-0.1, -0.05) is 11.6 Å². The molecule has 0 bridgehead atoms. The van der Waals surface area contributed by atoms with Crippen molar-refractivity contribution in [3.8, 4) is 5.75 Å². The maximum atomic E-state index is 12.8. The number of hydrogen-bond donors (Lipinski definition) is 2. The monoisotopic (exact) mass is 369 g/mol. The van der Waals surface area contributed by atoms with Crippen molar-refractivity contribution in [2.24, 2.45) is 0 Å². The number of likely N-dealkylation sites (tertiary alicyclic amines) is 1. The first-order valence-corrected chi connectivity index (χ1v) is 8.81. The summed E-state index contributed by atoms with van der Waals surface area (Å²) in [6.07, 6.45) is 0.735. The van der Waals surface area contributed by atoms with Crippen LogP contribution in [0.2, 0.25) is 5.02 Å². The van der Waals surface area contributed by atoms with Crippen molar-refractivity contribution < 1.29 is 24.5 Å². The number of nitrogens with zero attached hydrogens (tertiary/aromatic N) is 1. The molecule has 2 fully saturated rings. The maximum absolute atomic E-state index is 12.8. The highest BCUT2D eigenvalue weighted by Gasteiger charge is 2.49. The number of methoxy groups -OCH3 is 1. The van der Waals surface area contributed by atoms with E-state index < -0.39 is 17.3 Å². The van der Waals surface area contributed by atoms with Crippen LogP contribution in [0.15, 0.2) is 18.2 Å². The molecule has 0 aliphatic carbocycles. The van der Waals surface area contributed by atoms with Gasteiger partial charge < -0.3 is 24.6 Å². The summed E-state index contributed by atoms with van der Waals surface area (Å²) in [5.74, 6) is 0.351. The first-order chi connectivity index (χ1) is 11.8. The molecule has 2 aliphatic rings. The van der Waals surface area contributed by atoms with Gasteiger partial charge in [0, 0.05) is 24.5 Å². The lowest BCUT2D eigenvalue weighted by Gasteiger charge is -2.49. The molecule has 0 radical (unpaired) electrons. The van der Waals surface area contributed by atoms with Gasteiger partial charge in [0.05, 0.1) is 30.5 Å². The van der Waals surface area contributed by atoms with Crippen molar-refractivity contribution in [1.29, 1.82) is 0 Å². The van der Waals surface area contributed by atoms with Crippen LogP contribution in [0, 0.1) is 0 Å². The Morgan fingerprint density at radius 3 is 2.68 bits per heavy atom. The molecule has 0 unspecified atom stereocenters. The molecule has 2 heterocycles. The second kappa shape index (κ2) is 6.76. The molecular weight excluding hydrogens is 346 g/mol. The molecule has 1 amide bonds. The van der Waals surface area contributed by atoms with Crippen LogP contribution in [0.4, 0.5) is 0 Å². The molecule has 1 aromatic rings. The lowest BCUT2D eigenvalue weighted by atomic mass is 9.76. The van der Waals surface area contributed by atoms with Gasteiger partial charge in [-0.15, -0.1) is 0 Å². The quantitative estimate of drug-likeness (QED) is 0.831. The molecule has 138 valence electrons. The largest absolute Gasteiger partial charge is 0.496 e. The maximum Gasteiger partial charge on any atom is 0.257 e. The first-order valence-electron chi connectivity index (χ1n) is 8.44. The van der Waals surface area contributed by atoms with E-state index >= 15 is 0 Å². The summed E-state index contributed by atoms with van der Waals surface area (Å²) in [6.45, 7) is 2.80. The Labute approximate surface area is 152 Å². The van der Waals surface area contributed by atoms with E-state index in [9.17, 15) is 15.0 Å². The number of piperidine rings is 1. The summed E-state index contributed by atoms with van der Waals surface area (Å²) < 4.78 is 11.1. The number of carbonyl (C=O) groups excluding carboxylic acids is 1. The van der Waals surface area contributed by atoms with Gasteiger partial charge in [-0.25, -0.2) is 0 Å². The van der Waals surface area contributed by atoms with Crippen LogP contribution in [0.3, 0.4) is 0 Å². The summed E-state index contributed by atoms with van der Waals surface area (Å²) in [7, 11) is 1.51. The number of rotatable bonds is 2. The number of halogens is 1. The predicted octanol–water partition coefficient (Wildman–Crippen LogP) is 1.86. The molecule has 6 nitrogen and oxygen atoms in total. The minimum Gasteiger partial charge on any atom is -0.496 e. The number of benzene rings is 1. The van der Waals surface area contributed by atoms with Crippen LogP contribution in [0.5, 0.6) is 5.75 Å². The van der Waals surface area contributed by atoms with Gasteiger partial charge in [-0.2, -0.15) is 0 Å². The van der Waals surface area contributed by atoms with Crippen molar-refractivity contribution in [3.05, 3.63) is 28.8 Å². The fourth-order valence-electron chi connectivity index (χ4n) is 3.71. The van der Waals surface area contributed by atoms with Crippen molar-refractivity contribution in [2.75, 3.05) is 26.8 Å². The average Bonchev–Trinajstić information content (AvgIpc) is 2.58. The Hall–Kier alpha value is -1.34. The highest BCUT2D eigenvalue weighted by atomic mass is 35.5. The molecule has 25 heavy (non-hydrogen) atoms. The minimum absolute atomic E-state index is 0.106. The Bertz CT molecular complexity index is 655. The highest BCUT2D eigenvalue weighted by Crippen LogP contribution is 2.40. The molecule has 0 saturated carbocycles. The van der Waals surface area contributed by atoms with Gasteiger partial charge in [0.1, 0.15) is 11.9 Å². The van der Waals surface area contributed by atoms with Crippen LogP contribution < -0.4 is 4.74 Å². The van der Waals surface area contributed by atoms with E-state index in [0.717, 1.165) is 0 Å². The zero-order valence-electron chi connectivity index (χ0n) is 14.5. The Morgan fingerprint density at radius 2 is 2.08 bits per heavy atom. The standard InChI is InChI=1S/C18H24ClNO5/c1-17(23)11-18(25-10-15(17)21)5-7-20(8-6-18)16(22)13-4-3-12(19)9-14(13)24-2/h3-4,9,15,21,23H,5-8,10-11H2,1-2H3/t15-,17-/m0/s1. The van der Waals surface area contributed by atoms with E-state index in [-0.39, 0.29) is 12.5 Å². The van der Waals surface area contributed by atoms with Crippen LogP contribution in [0.25, 0.3) is 0 Å². The number of aliphatic hydroxyl groups excluding tert-OH is 1. The van der Waals surface area contributed by atoms with Crippen LogP contribution in [-0.4, -0.2) is 65.1 Å². The molecule has 7 heteroatoms. The number of amides is 1. The lowest BCUT2D eigenvalue weighted by Crippen LogP contribution is -2.59. The van der Waals surface area contributed by atoms with Gasteiger partial charge in [0.15, 0.2) is 0 Å². The first kappa shape index (κ1) is 18.5. The Morgan fingerprint density at radius 1 is 1.40 bits per heavy atom. The normalized spacial score (nSPS) is 28.8. The van der Waals surface area contributed by atoms with E-state index in [1.807, 2.05) is 0 Å². The number of ether oxygens (including phenoxy) is 2. The van der Waals surface area contributed by atoms with E-state index in [0.29, 0.717) is 48.7 Å². The van der Waals surface area contributed by atoms with Crippen molar-refractivity contribution in [2.45, 2.75) is 43.5 Å². The van der Waals surface area contributed by atoms with Crippen LogP contribution in [0.1, 0.15) is 36.5 Å². The smallest absolute Gasteiger partial charge is 0.257 e. The van der Waals surface area contributed by atoms with E-state index in [4.69, 9.17) is 21.1 Å². The molecule has 2 N–H and O–H groups in total. The molecule has 2 aliphatic heterocycles. The average molecular weight is 370 g/mol. The third kappa shape index (κ3) is 3.62. The molecule has 0 aromatic heterocycles. The van der Waals surface area contributed by atoms with Gasteiger partial charge >= 0.3 is 0 Å². The SMILES string of the molecule is COc1cc(Cl)ccc1C(=O)N1CCC2(CC1)C[C@](C)(O)[C@@H](O)CO2. The summed E-state index contributed by atoms with van der Waals surface area (Å²) in [6, 6.07) is 4.97. The van der Waals surface area contributed by atoms with E-state index in [1.54, 1.807) is 30.0 Å². The molecule has 2 atom stereocenters. The van der Waals surface area contributed by atoms with Crippen LogP contribution in [-0.2, 0) is 4.74 Å². The minimum atomic E-state index is -1.16. The fraction of sp³-hybridized carbons (Fsp3) is 0.611. The van der Waals surface area contributed by atoms with Gasteiger partial charge in [-0.3, -0.25) is 4.79 Å². The molecular formula is C18H24ClNO5. The lowest BCUT2D eigenvalue weighted by molar-refractivity contribution is -0.221. The summed E-state index contributed by atoms with van der Waals surface area (Å²) in [5.41, 5.74) is -1.16. The third-order valence-electron chi connectivity index (χ3n) is 5.30. The van der Waals surface area contributed by atoms with Gasteiger partial charge in [0.25, 0.3) is 5.91 Å². The highest BCUT2D eigenvalue weighted by molar-refractivity contribution is 6.30. The summed E-state index contributed by atoms with van der Waals surface area (Å²) >= 11 is 5.96. The molecule has 2 saturated heterocycles. The fourth-order valence-corrected chi connectivity index (χ4v) is 3.87. The topological polar surface area (TPSA) is 79.2 Å². The number of aliphatic hydroxyl groups is 2. The van der Waals surface area contributed by atoms with E-state index in [1.165, 1.54) is 7.11 Å². The second-order valence-corrected chi connectivity index (χ2v) is 7.62. The predicted molar refractivity (Wildman–Crippen MR) is 93.1 cm³/mol. The zero-order chi connectivity index (χ0) is 18.2.